The Kier molecular flexibility index (Phi) is 5.89. The van der Waals surface area contributed by atoms with Crippen molar-refractivity contribution in [1.82, 2.24) is 10.6 Å². The fourth-order valence-corrected chi connectivity index (χ4v) is 3.91. The molecule has 0 fully saturated rings. The van der Waals surface area contributed by atoms with Crippen molar-refractivity contribution < 1.29 is 9.59 Å². The molecule has 3 amide bonds. The van der Waals surface area contributed by atoms with Gasteiger partial charge in [-0.25, -0.2) is 4.79 Å². The summed E-state index contributed by atoms with van der Waals surface area (Å²) < 4.78 is 0. The Morgan fingerprint density at radius 1 is 1.03 bits per heavy atom. The van der Waals surface area contributed by atoms with E-state index in [0.717, 1.165) is 35.1 Å². The summed E-state index contributed by atoms with van der Waals surface area (Å²) in [5.74, 6) is -0.201. The maximum absolute atomic E-state index is 12.6. The van der Waals surface area contributed by atoms with E-state index < -0.39 is 0 Å². The molecule has 0 spiro atoms. The topological polar surface area (TPSA) is 96.2 Å². The molecule has 1 unspecified atom stereocenters. The van der Waals surface area contributed by atoms with Gasteiger partial charge in [0.1, 0.15) is 0 Å². The van der Waals surface area contributed by atoms with E-state index in [-0.39, 0.29) is 18.0 Å². The first-order chi connectivity index (χ1) is 15.0. The number of amides is 3. The maximum Gasteiger partial charge on any atom is 0.315 e. The molecule has 31 heavy (non-hydrogen) atoms. The Morgan fingerprint density at radius 2 is 1.81 bits per heavy atom. The van der Waals surface area contributed by atoms with Crippen molar-refractivity contribution in [2.24, 2.45) is 0 Å². The standard InChI is InChI=1S/C25H26N4O2/c1-16-6-2-3-7-19(16)15-27-25(31)29-22-13-11-17-14-18(10-12-20(17)22)24(30)28-23-9-5-4-8-21(23)26/h2-10,12,14,22H,11,13,15,26H2,1H3,(H,28,30)(H2,27,29,31). The first-order valence-corrected chi connectivity index (χ1v) is 10.4. The molecule has 6 heteroatoms. The third-order valence-corrected chi connectivity index (χ3v) is 5.70. The van der Waals surface area contributed by atoms with E-state index in [9.17, 15) is 9.59 Å². The molecule has 1 aliphatic rings. The first kappa shape index (κ1) is 20.5. The summed E-state index contributed by atoms with van der Waals surface area (Å²) in [4.78, 5) is 25.0. The number of hydrogen-bond donors (Lipinski definition) is 4. The summed E-state index contributed by atoms with van der Waals surface area (Å²) in [6.45, 7) is 2.52. The average Bonchev–Trinajstić information content (AvgIpc) is 3.16. The fraction of sp³-hybridized carbons (Fsp3) is 0.200. The number of para-hydroxylation sites is 2. The van der Waals surface area contributed by atoms with Gasteiger partial charge in [0.2, 0.25) is 0 Å². The van der Waals surface area contributed by atoms with Crippen LogP contribution in [0.3, 0.4) is 0 Å². The van der Waals surface area contributed by atoms with Gasteiger partial charge in [-0.2, -0.15) is 0 Å². The van der Waals surface area contributed by atoms with Crippen molar-refractivity contribution >= 4 is 23.3 Å². The lowest BCUT2D eigenvalue weighted by Gasteiger charge is -2.16. The lowest BCUT2D eigenvalue weighted by Crippen LogP contribution is -2.37. The number of hydrogen-bond acceptors (Lipinski definition) is 3. The molecule has 1 atom stereocenters. The number of rotatable bonds is 5. The molecule has 0 aliphatic heterocycles. The zero-order valence-electron chi connectivity index (χ0n) is 17.4. The summed E-state index contributed by atoms with van der Waals surface area (Å²) >= 11 is 0. The van der Waals surface area contributed by atoms with Crippen molar-refractivity contribution in [2.75, 3.05) is 11.1 Å². The van der Waals surface area contributed by atoms with Gasteiger partial charge in [-0.05, 0) is 66.3 Å². The third kappa shape index (κ3) is 4.69. The number of fused-ring (bicyclic) bond motifs is 1. The van der Waals surface area contributed by atoms with Crippen LogP contribution in [0, 0.1) is 6.92 Å². The van der Waals surface area contributed by atoms with Gasteiger partial charge in [-0.1, -0.05) is 42.5 Å². The van der Waals surface area contributed by atoms with Crippen molar-refractivity contribution in [3.05, 3.63) is 94.5 Å². The predicted molar refractivity (Wildman–Crippen MR) is 123 cm³/mol. The lowest BCUT2D eigenvalue weighted by molar-refractivity contribution is 0.102. The largest absolute Gasteiger partial charge is 0.397 e. The summed E-state index contributed by atoms with van der Waals surface area (Å²) in [5.41, 5.74) is 12.0. The second-order valence-corrected chi connectivity index (χ2v) is 7.80. The highest BCUT2D eigenvalue weighted by molar-refractivity contribution is 6.05. The van der Waals surface area contributed by atoms with Crippen LogP contribution in [0.15, 0.2) is 66.7 Å². The van der Waals surface area contributed by atoms with Crippen molar-refractivity contribution in [2.45, 2.75) is 32.4 Å². The monoisotopic (exact) mass is 414 g/mol. The Hall–Kier alpha value is -3.80. The number of urea groups is 1. The maximum atomic E-state index is 12.6. The smallest absolute Gasteiger partial charge is 0.315 e. The molecule has 5 N–H and O–H groups in total. The molecule has 6 nitrogen and oxygen atoms in total. The number of carbonyl (C=O) groups is 2. The van der Waals surface area contributed by atoms with Gasteiger partial charge in [-0.3, -0.25) is 4.79 Å². The van der Waals surface area contributed by atoms with E-state index in [1.807, 2.05) is 55.5 Å². The molecule has 0 saturated carbocycles. The van der Waals surface area contributed by atoms with Crippen LogP contribution in [0.1, 0.15) is 45.1 Å². The van der Waals surface area contributed by atoms with Crippen LogP contribution >= 0.6 is 0 Å². The number of carbonyl (C=O) groups excluding carboxylic acids is 2. The SMILES string of the molecule is Cc1ccccc1CNC(=O)NC1CCc2cc(C(=O)Nc3ccccc3N)ccc21. The van der Waals surface area contributed by atoms with Crippen molar-refractivity contribution in [3.63, 3.8) is 0 Å². The molecule has 4 rings (SSSR count). The quantitative estimate of drug-likeness (QED) is 0.468. The molecule has 0 heterocycles. The normalized spacial score (nSPS) is 14.5. The number of anilines is 2. The van der Waals surface area contributed by atoms with E-state index >= 15 is 0 Å². The van der Waals surface area contributed by atoms with Gasteiger partial charge >= 0.3 is 6.03 Å². The highest BCUT2D eigenvalue weighted by Gasteiger charge is 2.25. The zero-order valence-corrected chi connectivity index (χ0v) is 17.4. The van der Waals surface area contributed by atoms with Crippen LogP contribution in [-0.2, 0) is 13.0 Å². The van der Waals surface area contributed by atoms with Crippen molar-refractivity contribution in [3.8, 4) is 0 Å². The third-order valence-electron chi connectivity index (χ3n) is 5.70. The van der Waals surface area contributed by atoms with E-state index in [0.29, 0.717) is 23.5 Å². The summed E-state index contributed by atoms with van der Waals surface area (Å²) in [7, 11) is 0. The number of nitrogens with one attached hydrogen (secondary N) is 3. The Morgan fingerprint density at radius 3 is 2.61 bits per heavy atom. The van der Waals surface area contributed by atoms with Crippen LogP contribution < -0.4 is 21.7 Å². The molecule has 0 aromatic heterocycles. The molecular formula is C25H26N4O2. The summed E-state index contributed by atoms with van der Waals surface area (Å²) in [6, 6.07) is 20.5. The predicted octanol–water partition coefficient (Wildman–Crippen LogP) is 4.32. The van der Waals surface area contributed by atoms with Crippen LogP contribution in [0.5, 0.6) is 0 Å². The second-order valence-electron chi connectivity index (χ2n) is 7.80. The van der Waals surface area contributed by atoms with Gasteiger partial charge in [0.15, 0.2) is 0 Å². The van der Waals surface area contributed by atoms with E-state index in [1.165, 1.54) is 0 Å². The summed E-state index contributed by atoms with van der Waals surface area (Å²) in [6.07, 6.45) is 1.62. The summed E-state index contributed by atoms with van der Waals surface area (Å²) in [5, 5.41) is 8.84. The van der Waals surface area contributed by atoms with Crippen LogP contribution in [-0.4, -0.2) is 11.9 Å². The molecule has 3 aromatic carbocycles. The highest BCUT2D eigenvalue weighted by atomic mass is 16.2. The minimum absolute atomic E-state index is 0.0613. The Labute approximate surface area is 181 Å². The fourth-order valence-electron chi connectivity index (χ4n) is 3.91. The number of aryl methyl sites for hydroxylation is 2. The Balaban J connectivity index is 1.38. The zero-order chi connectivity index (χ0) is 21.8. The first-order valence-electron chi connectivity index (χ1n) is 10.4. The second kappa shape index (κ2) is 8.92. The van der Waals surface area contributed by atoms with Crippen LogP contribution in [0.25, 0.3) is 0 Å². The van der Waals surface area contributed by atoms with Gasteiger partial charge in [0.05, 0.1) is 17.4 Å². The molecule has 158 valence electrons. The number of benzene rings is 3. The molecular weight excluding hydrogens is 388 g/mol. The number of nitrogens with two attached hydrogens (primary N) is 1. The molecule has 0 radical (unpaired) electrons. The van der Waals surface area contributed by atoms with Gasteiger partial charge in [-0.15, -0.1) is 0 Å². The van der Waals surface area contributed by atoms with Crippen molar-refractivity contribution in [1.29, 1.82) is 0 Å². The minimum Gasteiger partial charge on any atom is -0.397 e. The molecule has 3 aromatic rings. The van der Waals surface area contributed by atoms with E-state index in [4.69, 9.17) is 5.73 Å². The average molecular weight is 415 g/mol. The minimum atomic E-state index is -0.201. The van der Waals surface area contributed by atoms with Crippen LogP contribution in [0.2, 0.25) is 0 Å². The van der Waals surface area contributed by atoms with E-state index in [1.54, 1.807) is 18.2 Å². The highest BCUT2D eigenvalue weighted by Crippen LogP contribution is 2.32. The van der Waals surface area contributed by atoms with Crippen LogP contribution in [0.4, 0.5) is 16.2 Å². The molecule has 0 bridgehead atoms. The Bertz CT molecular complexity index is 1130. The van der Waals surface area contributed by atoms with E-state index in [2.05, 4.69) is 16.0 Å². The molecule has 0 saturated heterocycles. The van der Waals surface area contributed by atoms with Gasteiger partial charge in [0.25, 0.3) is 5.91 Å². The van der Waals surface area contributed by atoms with Gasteiger partial charge < -0.3 is 21.7 Å². The molecule has 1 aliphatic carbocycles. The lowest BCUT2D eigenvalue weighted by atomic mass is 10.0. The van der Waals surface area contributed by atoms with Gasteiger partial charge in [0, 0.05) is 12.1 Å². The number of nitrogen functional groups attached to an aromatic ring is 1.